The number of aliphatic hydroxyl groups is 1. The number of likely N-dealkylation sites (N-methyl/N-ethyl adjacent to an activating group) is 1. The van der Waals surface area contributed by atoms with E-state index in [1.54, 1.807) is 0 Å². The maximum atomic E-state index is 9.39. The van der Waals surface area contributed by atoms with Gasteiger partial charge in [0.2, 0.25) is 0 Å². The van der Waals surface area contributed by atoms with Gasteiger partial charge in [-0.15, -0.1) is 0 Å². The van der Waals surface area contributed by atoms with Crippen molar-refractivity contribution in [2.24, 2.45) is 0 Å². The molecule has 1 unspecified atom stereocenters. The van der Waals surface area contributed by atoms with Crippen molar-refractivity contribution in [3.05, 3.63) is 29.3 Å². The van der Waals surface area contributed by atoms with Gasteiger partial charge in [0, 0.05) is 31.5 Å². The van der Waals surface area contributed by atoms with E-state index < -0.39 is 0 Å². The van der Waals surface area contributed by atoms with Crippen LogP contribution in [0.3, 0.4) is 0 Å². The molecule has 0 bridgehead atoms. The lowest BCUT2D eigenvalue weighted by Gasteiger charge is -2.25. The van der Waals surface area contributed by atoms with Crippen molar-refractivity contribution in [1.29, 1.82) is 0 Å². The van der Waals surface area contributed by atoms with E-state index in [0.717, 1.165) is 30.8 Å². The first kappa shape index (κ1) is 12.4. The minimum absolute atomic E-state index is 0.0902. The average molecular weight is 235 g/mol. The highest BCUT2D eigenvalue weighted by Gasteiger charge is 2.18. The smallest absolute Gasteiger partial charge is 0.0750 e. The molecule has 2 rings (SSSR count). The molecule has 0 saturated carbocycles. The molecular weight excluding hydrogens is 214 g/mol. The normalized spacial score (nSPS) is 19.6. The van der Waals surface area contributed by atoms with Gasteiger partial charge in [-0.1, -0.05) is 17.7 Å². The summed E-state index contributed by atoms with van der Waals surface area (Å²) >= 11 is 0. The summed E-state index contributed by atoms with van der Waals surface area (Å²) in [5.41, 5.74) is 3.28. The molecule has 3 heteroatoms. The first-order valence-electron chi connectivity index (χ1n) is 6.24. The number of anilines is 1. The molecule has 0 radical (unpaired) electrons. The van der Waals surface area contributed by atoms with Crippen LogP contribution in [0.1, 0.15) is 24.0 Å². The first-order chi connectivity index (χ1) is 8.20. The number of nitrogens with zero attached hydrogens (tertiary/aromatic N) is 1. The lowest BCUT2D eigenvalue weighted by atomic mass is 10.1. The van der Waals surface area contributed by atoms with Crippen molar-refractivity contribution >= 4 is 5.69 Å². The van der Waals surface area contributed by atoms with Crippen molar-refractivity contribution in [3.63, 3.8) is 0 Å². The minimum atomic E-state index is 0.0902. The van der Waals surface area contributed by atoms with E-state index in [1.165, 1.54) is 12.0 Å². The summed E-state index contributed by atoms with van der Waals surface area (Å²) in [6, 6.07) is 6.21. The minimum Gasteiger partial charge on any atom is -0.392 e. The van der Waals surface area contributed by atoms with Crippen LogP contribution in [0, 0.1) is 6.92 Å². The van der Waals surface area contributed by atoms with Crippen LogP contribution in [-0.4, -0.2) is 31.4 Å². The lowest BCUT2D eigenvalue weighted by Crippen LogP contribution is -2.29. The summed E-state index contributed by atoms with van der Waals surface area (Å²) in [6.45, 7) is 3.92. The van der Waals surface area contributed by atoms with Crippen LogP contribution in [0.5, 0.6) is 0 Å². The third-order valence-corrected chi connectivity index (χ3v) is 3.32. The highest BCUT2D eigenvalue weighted by atomic mass is 16.5. The largest absolute Gasteiger partial charge is 0.392 e. The molecule has 3 nitrogen and oxygen atoms in total. The van der Waals surface area contributed by atoms with Crippen molar-refractivity contribution in [3.8, 4) is 0 Å². The number of hydrogen-bond donors (Lipinski definition) is 1. The summed E-state index contributed by atoms with van der Waals surface area (Å²) in [5, 5.41) is 9.39. The summed E-state index contributed by atoms with van der Waals surface area (Å²) in [5.74, 6) is 0. The zero-order valence-corrected chi connectivity index (χ0v) is 10.6. The van der Waals surface area contributed by atoms with E-state index in [-0.39, 0.29) is 6.61 Å². The molecule has 0 amide bonds. The van der Waals surface area contributed by atoms with E-state index in [2.05, 4.69) is 24.1 Å². The Balaban J connectivity index is 2.09. The van der Waals surface area contributed by atoms with Crippen molar-refractivity contribution in [1.82, 2.24) is 0 Å². The summed E-state index contributed by atoms with van der Waals surface area (Å²) in [7, 11) is 2.06. The lowest BCUT2D eigenvalue weighted by molar-refractivity contribution is 0.116. The van der Waals surface area contributed by atoms with E-state index in [9.17, 15) is 5.11 Å². The van der Waals surface area contributed by atoms with Crippen molar-refractivity contribution in [2.75, 3.05) is 25.1 Å². The molecule has 1 aliphatic heterocycles. The van der Waals surface area contributed by atoms with Crippen LogP contribution in [0.4, 0.5) is 5.69 Å². The predicted octanol–water partition coefficient (Wildman–Crippen LogP) is 2.10. The number of rotatable bonds is 4. The van der Waals surface area contributed by atoms with Gasteiger partial charge in [0.05, 0.1) is 12.7 Å². The standard InChI is InChI=1S/C14H21NO2/c1-11-5-6-14(12(8-11)10-16)15(2)9-13-4-3-7-17-13/h5-6,8,13,16H,3-4,7,9-10H2,1-2H3. The molecule has 1 aromatic rings. The Hall–Kier alpha value is -1.06. The van der Waals surface area contributed by atoms with Crippen LogP contribution in [-0.2, 0) is 11.3 Å². The predicted molar refractivity (Wildman–Crippen MR) is 69.3 cm³/mol. The third-order valence-electron chi connectivity index (χ3n) is 3.32. The highest BCUT2D eigenvalue weighted by Crippen LogP contribution is 2.23. The molecule has 1 N–H and O–H groups in total. The molecule has 0 aromatic heterocycles. The van der Waals surface area contributed by atoms with E-state index in [4.69, 9.17) is 4.74 Å². The molecular formula is C14H21NO2. The van der Waals surface area contributed by atoms with E-state index >= 15 is 0 Å². The molecule has 1 aromatic carbocycles. The van der Waals surface area contributed by atoms with Crippen molar-refractivity contribution in [2.45, 2.75) is 32.5 Å². The number of hydrogen-bond acceptors (Lipinski definition) is 3. The van der Waals surface area contributed by atoms with Gasteiger partial charge < -0.3 is 14.7 Å². The average Bonchev–Trinajstić information content (AvgIpc) is 2.81. The molecule has 94 valence electrons. The molecule has 1 saturated heterocycles. The van der Waals surface area contributed by atoms with E-state index in [0.29, 0.717) is 6.10 Å². The summed E-state index contributed by atoms with van der Waals surface area (Å²) < 4.78 is 5.64. The van der Waals surface area contributed by atoms with Gasteiger partial charge in [0.15, 0.2) is 0 Å². The second kappa shape index (κ2) is 5.52. The molecule has 1 heterocycles. The van der Waals surface area contributed by atoms with Gasteiger partial charge in [0.1, 0.15) is 0 Å². The Morgan fingerprint density at radius 3 is 2.94 bits per heavy atom. The molecule has 0 spiro atoms. The Bertz CT molecular complexity index is 372. The van der Waals surface area contributed by atoms with Crippen LogP contribution in [0.2, 0.25) is 0 Å². The summed E-state index contributed by atoms with van der Waals surface area (Å²) in [6.07, 6.45) is 2.65. The van der Waals surface area contributed by atoms with Crippen LogP contribution in [0.25, 0.3) is 0 Å². The molecule has 1 atom stereocenters. The van der Waals surface area contributed by atoms with Gasteiger partial charge in [-0.05, 0) is 25.8 Å². The second-order valence-electron chi connectivity index (χ2n) is 4.81. The molecule has 17 heavy (non-hydrogen) atoms. The molecule has 1 aliphatic rings. The highest BCUT2D eigenvalue weighted by molar-refractivity contribution is 5.54. The Labute approximate surface area is 103 Å². The van der Waals surface area contributed by atoms with Crippen LogP contribution in [0.15, 0.2) is 18.2 Å². The van der Waals surface area contributed by atoms with Crippen LogP contribution >= 0.6 is 0 Å². The Morgan fingerprint density at radius 2 is 2.29 bits per heavy atom. The van der Waals surface area contributed by atoms with Gasteiger partial charge in [0.25, 0.3) is 0 Å². The molecule has 0 aliphatic carbocycles. The fourth-order valence-corrected chi connectivity index (χ4v) is 2.41. The third kappa shape index (κ3) is 2.99. The first-order valence-corrected chi connectivity index (χ1v) is 6.24. The SMILES string of the molecule is Cc1ccc(N(C)CC2CCCO2)c(CO)c1. The second-order valence-corrected chi connectivity index (χ2v) is 4.81. The monoisotopic (exact) mass is 235 g/mol. The van der Waals surface area contributed by atoms with E-state index in [1.807, 2.05) is 13.0 Å². The molecule has 1 fully saturated rings. The Kier molecular flexibility index (Phi) is 4.02. The maximum Gasteiger partial charge on any atom is 0.0750 e. The number of aliphatic hydroxyl groups excluding tert-OH is 1. The van der Waals surface area contributed by atoms with Crippen LogP contribution < -0.4 is 4.90 Å². The fourth-order valence-electron chi connectivity index (χ4n) is 2.41. The van der Waals surface area contributed by atoms with Gasteiger partial charge in [-0.2, -0.15) is 0 Å². The number of aryl methyl sites for hydroxylation is 1. The Morgan fingerprint density at radius 1 is 1.47 bits per heavy atom. The zero-order chi connectivity index (χ0) is 12.3. The maximum absolute atomic E-state index is 9.39. The fraction of sp³-hybridized carbons (Fsp3) is 0.571. The number of ether oxygens (including phenoxy) is 1. The van der Waals surface area contributed by atoms with Gasteiger partial charge >= 0.3 is 0 Å². The topological polar surface area (TPSA) is 32.7 Å². The van der Waals surface area contributed by atoms with Gasteiger partial charge in [-0.25, -0.2) is 0 Å². The zero-order valence-electron chi connectivity index (χ0n) is 10.6. The quantitative estimate of drug-likeness (QED) is 0.867. The summed E-state index contributed by atoms with van der Waals surface area (Å²) in [4.78, 5) is 2.18. The number of benzene rings is 1. The van der Waals surface area contributed by atoms with Gasteiger partial charge in [-0.3, -0.25) is 0 Å². The van der Waals surface area contributed by atoms with Crippen molar-refractivity contribution < 1.29 is 9.84 Å².